The fourth-order valence-corrected chi connectivity index (χ4v) is 1.82. The molecule has 6 heteroatoms. The molecule has 0 saturated carbocycles. The van der Waals surface area contributed by atoms with Gasteiger partial charge in [-0.3, -0.25) is 9.59 Å². The highest BCUT2D eigenvalue weighted by atomic mass is 16.5. The largest absolute Gasteiger partial charge is 0.494 e. The Morgan fingerprint density at radius 2 is 1.73 bits per heavy atom. The third-order valence-corrected chi connectivity index (χ3v) is 2.87. The van der Waals surface area contributed by atoms with Crippen molar-refractivity contribution in [2.75, 3.05) is 19.7 Å². The Morgan fingerprint density at radius 3 is 2.32 bits per heavy atom. The lowest BCUT2D eigenvalue weighted by molar-refractivity contribution is 0.0910. The van der Waals surface area contributed by atoms with E-state index in [1.807, 2.05) is 6.92 Å². The van der Waals surface area contributed by atoms with Crippen molar-refractivity contribution in [3.8, 4) is 5.75 Å². The van der Waals surface area contributed by atoms with Gasteiger partial charge in [0.2, 0.25) is 0 Å². The molecule has 1 aromatic heterocycles. The van der Waals surface area contributed by atoms with Crippen LogP contribution in [0.15, 0.2) is 47.1 Å². The van der Waals surface area contributed by atoms with Crippen LogP contribution in [0, 0.1) is 0 Å². The molecule has 22 heavy (non-hydrogen) atoms. The van der Waals surface area contributed by atoms with Gasteiger partial charge in [0, 0.05) is 18.7 Å². The molecule has 2 rings (SSSR count). The van der Waals surface area contributed by atoms with Crippen LogP contribution in [0.25, 0.3) is 0 Å². The quantitative estimate of drug-likeness (QED) is 0.765. The average Bonchev–Trinajstić information content (AvgIpc) is 3.06. The molecule has 2 N–H and O–H groups in total. The summed E-state index contributed by atoms with van der Waals surface area (Å²) >= 11 is 0. The van der Waals surface area contributed by atoms with E-state index in [1.54, 1.807) is 36.4 Å². The van der Waals surface area contributed by atoms with Crippen molar-refractivity contribution in [3.63, 3.8) is 0 Å². The zero-order chi connectivity index (χ0) is 15.8. The predicted molar refractivity (Wildman–Crippen MR) is 81.0 cm³/mol. The zero-order valence-corrected chi connectivity index (χ0v) is 12.3. The maximum Gasteiger partial charge on any atom is 0.287 e. The van der Waals surface area contributed by atoms with Crippen molar-refractivity contribution in [3.05, 3.63) is 54.0 Å². The first-order valence-electron chi connectivity index (χ1n) is 7.03. The van der Waals surface area contributed by atoms with E-state index in [2.05, 4.69) is 10.6 Å². The Bertz CT molecular complexity index is 606. The molecule has 6 nitrogen and oxygen atoms in total. The maximum absolute atomic E-state index is 11.9. The lowest BCUT2D eigenvalue weighted by Gasteiger charge is -2.07. The van der Waals surface area contributed by atoms with Crippen LogP contribution in [0.5, 0.6) is 5.75 Å². The van der Waals surface area contributed by atoms with Gasteiger partial charge < -0.3 is 19.8 Å². The minimum Gasteiger partial charge on any atom is -0.494 e. The number of rotatable bonds is 7. The van der Waals surface area contributed by atoms with E-state index >= 15 is 0 Å². The van der Waals surface area contributed by atoms with E-state index < -0.39 is 0 Å². The second kappa shape index (κ2) is 7.87. The molecule has 0 spiro atoms. The minimum absolute atomic E-state index is 0.199. The first-order valence-corrected chi connectivity index (χ1v) is 7.03. The van der Waals surface area contributed by atoms with Crippen LogP contribution in [-0.2, 0) is 0 Å². The van der Waals surface area contributed by atoms with Crippen molar-refractivity contribution >= 4 is 11.8 Å². The molecule has 0 radical (unpaired) electrons. The van der Waals surface area contributed by atoms with Crippen LogP contribution in [0.3, 0.4) is 0 Å². The fraction of sp³-hybridized carbons (Fsp3) is 0.250. The lowest BCUT2D eigenvalue weighted by Crippen LogP contribution is -2.34. The number of amides is 2. The van der Waals surface area contributed by atoms with Crippen LogP contribution in [0.2, 0.25) is 0 Å². The van der Waals surface area contributed by atoms with Crippen LogP contribution >= 0.6 is 0 Å². The van der Waals surface area contributed by atoms with Crippen LogP contribution in [-0.4, -0.2) is 31.5 Å². The zero-order valence-electron chi connectivity index (χ0n) is 12.3. The van der Waals surface area contributed by atoms with E-state index in [1.165, 1.54) is 6.26 Å². The number of benzene rings is 1. The average molecular weight is 302 g/mol. The third-order valence-electron chi connectivity index (χ3n) is 2.87. The van der Waals surface area contributed by atoms with E-state index in [4.69, 9.17) is 9.15 Å². The lowest BCUT2D eigenvalue weighted by atomic mass is 10.2. The summed E-state index contributed by atoms with van der Waals surface area (Å²) < 4.78 is 10.3. The molecule has 0 aliphatic rings. The van der Waals surface area contributed by atoms with Gasteiger partial charge in [0.05, 0.1) is 12.9 Å². The minimum atomic E-state index is -0.305. The highest BCUT2D eigenvalue weighted by Gasteiger charge is 2.08. The highest BCUT2D eigenvalue weighted by Crippen LogP contribution is 2.11. The fourth-order valence-electron chi connectivity index (χ4n) is 1.82. The Labute approximate surface area is 128 Å². The van der Waals surface area contributed by atoms with Gasteiger partial charge in [-0.05, 0) is 43.3 Å². The molecule has 0 atom stereocenters. The third kappa shape index (κ3) is 4.37. The number of carbonyl (C=O) groups is 2. The molecule has 2 amide bonds. The summed E-state index contributed by atoms with van der Waals surface area (Å²) in [6.07, 6.45) is 1.43. The maximum atomic E-state index is 11.9. The SMILES string of the molecule is CCOc1ccc(C(=O)NCCNC(=O)c2ccco2)cc1. The van der Waals surface area contributed by atoms with Gasteiger partial charge in [0.25, 0.3) is 11.8 Å². The molecule has 0 unspecified atom stereocenters. The molecule has 0 bridgehead atoms. The first kappa shape index (κ1) is 15.6. The summed E-state index contributed by atoms with van der Waals surface area (Å²) in [5.41, 5.74) is 0.542. The van der Waals surface area contributed by atoms with Crippen LogP contribution in [0.4, 0.5) is 0 Å². The summed E-state index contributed by atoms with van der Waals surface area (Å²) in [6.45, 7) is 3.14. The monoisotopic (exact) mass is 302 g/mol. The molecule has 1 heterocycles. The van der Waals surface area contributed by atoms with Crippen molar-refractivity contribution in [2.24, 2.45) is 0 Å². The number of carbonyl (C=O) groups excluding carboxylic acids is 2. The van der Waals surface area contributed by atoms with Gasteiger partial charge >= 0.3 is 0 Å². The highest BCUT2D eigenvalue weighted by molar-refractivity contribution is 5.94. The summed E-state index contributed by atoms with van der Waals surface area (Å²) in [5, 5.41) is 5.38. The summed E-state index contributed by atoms with van der Waals surface area (Å²) in [7, 11) is 0. The Morgan fingerprint density at radius 1 is 1.05 bits per heavy atom. The molecule has 0 saturated heterocycles. The van der Waals surface area contributed by atoms with Crippen LogP contribution < -0.4 is 15.4 Å². The van der Waals surface area contributed by atoms with Gasteiger partial charge in [0.1, 0.15) is 5.75 Å². The second-order valence-corrected chi connectivity index (χ2v) is 4.45. The summed E-state index contributed by atoms with van der Waals surface area (Å²) in [5.74, 6) is 0.471. The standard InChI is InChI=1S/C16H18N2O4/c1-2-21-13-7-5-12(6-8-13)15(19)17-9-10-18-16(20)14-4-3-11-22-14/h3-8,11H,2,9-10H2,1H3,(H,17,19)(H,18,20). The molecule has 2 aromatic rings. The molecule has 1 aromatic carbocycles. The van der Waals surface area contributed by atoms with E-state index in [0.717, 1.165) is 5.75 Å². The van der Waals surface area contributed by atoms with Gasteiger partial charge in [-0.2, -0.15) is 0 Å². The Hall–Kier alpha value is -2.76. The van der Waals surface area contributed by atoms with Gasteiger partial charge in [-0.1, -0.05) is 0 Å². The molecular formula is C16H18N2O4. The smallest absolute Gasteiger partial charge is 0.287 e. The second-order valence-electron chi connectivity index (χ2n) is 4.45. The Balaban J connectivity index is 1.72. The predicted octanol–water partition coefficient (Wildman–Crippen LogP) is 1.84. The summed E-state index contributed by atoms with van der Waals surface area (Å²) in [6, 6.07) is 10.1. The van der Waals surface area contributed by atoms with Gasteiger partial charge in [-0.25, -0.2) is 0 Å². The number of hydrogen-bond donors (Lipinski definition) is 2. The molecule has 0 aliphatic carbocycles. The van der Waals surface area contributed by atoms with E-state index in [9.17, 15) is 9.59 Å². The number of ether oxygens (including phenoxy) is 1. The molecular weight excluding hydrogens is 284 g/mol. The number of hydrogen-bond acceptors (Lipinski definition) is 4. The number of furan rings is 1. The van der Waals surface area contributed by atoms with Crippen LogP contribution in [0.1, 0.15) is 27.8 Å². The normalized spacial score (nSPS) is 10.0. The first-order chi connectivity index (χ1) is 10.7. The van der Waals surface area contributed by atoms with Crippen molar-refractivity contribution < 1.29 is 18.7 Å². The molecule has 116 valence electrons. The van der Waals surface area contributed by atoms with Crippen molar-refractivity contribution in [1.29, 1.82) is 0 Å². The Kier molecular flexibility index (Phi) is 5.59. The molecule has 0 aliphatic heterocycles. The van der Waals surface area contributed by atoms with Gasteiger partial charge in [-0.15, -0.1) is 0 Å². The van der Waals surface area contributed by atoms with E-state index in [0.29, 0.717) is 25.3 Å². The van der Waals surface area contributed by atoms with Gasteiger partial charge in [0.15, 0.2) is 5.76 Å². The van der Waals surface area contributed by atoms with Crippen molar-refractivity contribution in [1.82, 2.24) is 10.6 Å². The number of nitrogens with one attached hydrogen (secondary N) is 2. The molecule has 0 fully saturated rings. The summed E-state index contributed by atoms with van der Waals surface area (Å²) in [4.78, 5) is 23.5. The van der Waals surface area contributed by atoms with Crippen molar-refractivity contribution in [2.45, 2.75) is 6.92 Å². The topological polar surface area (TPSA) is 80.6 Å². The van der Waals surface area contributed by atoms with E-state index in [-0.39, 0.29) is 17.6 Å².